The quantitative estimate of drug-likeness (QED) is 0.610. The molecule has 31 heavy (non-hydrogen) atoms. The smallest absolute Gasteiger partial charge is 0.119 e. The number of rotatable bonds is 6. The minimum absolute atomic E-state index is 0.155. The first kappa shape index (κ1) is 20.2. The van der Waals surface area contributed by atoms with Gasteiger partial charge in [0.15, 0.2) is 0 Å². The molecule has 1 saturated heterocycles. The van der Waals surface area contributed by atoms with Crippen LogP contribution in [0.5, 0.6) is 5.75 Å². The summed E-state index contributed by atoms with van der Waals surface area (Å²) in [7, 11) is 3.50. The van der Waals surface area contributed by atoms with Gasteiger partial charge in [-0.25, -0.2) is 4.68 Å². The summed E-state index contributed by atoms with van der Waals surface area (Å²) >= 11 is 0. The van der Waals surface area contributed by atoms with Gasteiger partial charge in [-0.1, -0.05) is 17.3 Å². The Morgan fingerprint density at radius 1 is 1.03 bits per heavy atom. The van der Waals surface area contributed by atoms with E-state index in [4.69, 9.17) is 9.47 Å². The van der Waals surface area contributed by atoms with E-state index >= 15 is 0 Å². The lowest BCUT2D eigenvalue weighted by Gasteiger charge is -2.37. The zero-order chi connectivity index (χ0) is 21.2. The summed E-state index contributed by atoms with van der Waals surface area (Å²) < 4.78 is 13.3. The normalized spacial score (nSPS) is 26.0. The Labute approximate surface area is 183 Å². The summed E-state index contributed by atoms with van der Waals surface area (Å²) in [6.45, 7) is 3.24. The highest BCUT2D eigenvalue weighted by Gasteiger charge is 2.43. The third kappa shape index (κ3) is 4.20. The minimum atomic E-state index is 0.155. The molecule has 2 fully saturated rings. The molecule has 1 saturated carbocycles. The zero-order valence-electron chi connectivity index (χ0n) is 18.1. The molecule has 0 bridgehead atoms. The van der Waals surface area contributed by atoms with Crippen LogP contribution >= 0.6 is 0 Å². The molecule has 0 spiro atoms. The summed E-state index contributed by atoms with van der Waals surface area (Å²) in [5, 5.41) is 8.94. The molecule has 1 aliphatic heterocycles. The first-order valence-electron chi connectivity index (χ1n) is 10.9. The summed E-state index contributed by atoms with van der Waals surface area (Å²) in [5.74, 6) is 2.15. The lowest BCUT2D eigenvalue weighted by Crippen LogP contribution is -2.37. The van der Waals surface area contributed by atoms with Crippen molar-refractivity contribution in [3.8, 4) is 17.0 Å². The van der Waals surface area contributed by atoms with Gasteiger partial charge in [0.25, 0.3) is 0 Å². The van der Waals surface area contributed by atoms with Crippen LogP contribution in [0.1, 0.15) is 24.4 Å². The lowest BCUT2D eigenvalue weighted by molar-refractivity contribution is -0.00545. The molecule has 3 aromatic rings. The molecule has 4 atom stereocenters. The molecule has 0 unspecified atom stereocenters. The van der Waals surface area contributed by atoms with E-state index in [1.807, 2.05) is 48.5 Å². The Bertz CT molecular complexity index is 1010. The predicted octanol–water partition coefficient (Wildman–Crippen LogP) is 3.45. The van der Waals surface area contributed by atoms with Crippen molar-refractivity contribution < 1.29 is 9.47 Å². The lowest BCUT2D eigenvalue weighted by atomic mass is 9.77. The number of hydrogen-bond acceptors (Lipinski definition) is 6. The molecule has 1 aliphatic carbocycles. The molecule has 0 radical (unpaired) electrons. The van der Waals surface area contributed by atoms with Gasteiger partial charge in [-0.2, -0.15) is 0 Å². The molecule has 5 rings (SSSR count). The Kier molecular flexibility index (Phi) is 5.70. The van der Waals surface area contributed by atoms with E-state index < -0.39 is 0 Å². The van der Waals surface area contributed by atoms with Crippen LogP contribution in [0, 0.1) is 11.8 Å². The number of ether oxygens (including phenoxy) is 2. The van der Waals surface area contributed by atoms with E-state index in [-0.39, 0.29) is 12.1 Å². The van der Waals surface area contributed by atoms with Crippen LogP contribution in [-0.2, 0) is 11.3 Å². The van der Waals surface area contributed by atoms with Gasteiger partial charge in [-0.15, -0.1) is 5.10 Å². The maximum Gasteiger partial charge on any atom is 0.119 e. The molecule has 0 N–H and O–H groups in total. The SMILES string of the molecule is COc1cccc(-c2cn([C@@H]3C[C@@H]4CN(Cc5ccncc5)C[C@@H]4C[C@H]3OC)nn2)c1. The first-order chi connectivity index (χ1) is 15.2. The van der Waals surface area contributed by atoms with Gasteiger partial charge in [0.2, 0.25) is 0 Å². The molecule has 7 nitrogen and oxygen atoms in total. The van der Waals surface area contributed by atoms with Gasteiger partial charge in [0.05, 0.1) is 25.5 Å². The van der Waals surface area contributed by atoms with Gasteiger partial charge in [-0.05, 0) is 54.5 Å². The largest absolute Gasteiger partial charge is 0.497 e. The second kappa shape index (κ2) is 8.77. The number of nitrogens with zero attached hydrogens (tertiary/aromatic N) is 5. The first-order valence-corrected chi connectivity index (χ1v) is 10.9. The van der Waals surface area contributed by atoms with Gasteiger partial charge in [0, 0.05) is 44.7 Å². The fraction of sp³-hybridized carbons (Fsp3) is 0.458. The number of benzene rings is 1. The fourth-order valence-electron chi connectivity index (χ4n) is 5.25. The number of likely N-dealkylation sites (tertiary alicyclic amines) is 1. The standard InChI is InChI=1S/C24H29N5O2/c1-30-21-5-3-4-18(10-21)22-16-29(27-26-22)23-11-19-14-28(13-17-6-8-25-9-7-17)15-20(19)12-24(23)31-2/h3-10,16,19-20,23-24H,11-15H2,1-2H3/t19-,20+,23-,24-/m1/s1. The van der Waals surface area contributed by atoms with Crippen LogP contribution in [0.2, 0.25) is 0 Å². The second-order valence-corrected chi connectivity index (χ2v) is 8.70. The van der Waals surface area contributed by atoms with Gasteiger partial charge >= 0.3 is 0 Å². The summed E-state index contributed by atoms with van der Waals surface area (Å²) in [4.78, 5) is 6.70. The maximum absolute atomic E-state index is 5.94. The van der Waals surface area contributed by atoms with Crippen molar-refractivity contribution in [1.82, 2.24) is 24.9 Å². The summed E-state index contributed by atoms with van der Waals surface area (Å²) in [5.41, 5.74) is 3.20. The van der Waals surface area contributed by atoms with E-state index in [0.29, 0.717) is 11.8 Å². The highest BCUT2D eigenvalue weighted by atomic mass is 16.5. The molecule has 1 aromatic carbocycles. The Morgan fingerprint density at radius 3 is 2.61 bits per heavy atom. The highest BCUT2D eigenvalue weighted by Crippen LogP contribution is 2.42. The van der Waals surface area contributed by atoms with E-state index in [1.165, 1.54) is 5.56 Å². The molecule has 2 aliphatic rings. The number of pyridine rings is 1. The molecule has 3 heterocycles. The summed E-state index contributed by atoms with van der Waals surface area (Å²) in [6.07, 6.45) is 8.08. The number of hydrogen-bond donors (Lipinski definition) is 0. The Morgan fingerprint density at radius 2 is 1.84 bits per heavy atom. The van der Waals surface area contributed by atoms with Crippen LogP contribution in [0.25, 0.3) is 11.3 Å². The van der Waals surface area contributed by atoms with Crippen molar-refractivity contribution >= 4 is 0 Å². The van der Waals surface area contributed by atoms with Crippen LogP contribution in [0.4, 0.5) is 0 Å². The average molecular weight is 420 g/mol. The molecule has 162 valence electrons. The topological polar surface area (TPSA) is 65.3 Å². The van der Waals surface area contributed by atoms with Crippen LogP contribution in [0.15, 0.2) is 55.0 Å². The zero-order valence-corrected chi connectivity index (χ0v) is 18.1. The predicted molar refractivity (Wildman–Crippen MR) is 118 cm³/mol. The van der Waals surface area contributed by atoms with E-state index in [0.717, 1.165) is 49.5 Å². The number of aromatic nitrogens is 4. The van der Waals surface area contributed by atoms with Gasteiger partial charge < -0.3 is 9.47 Å². The third-order valence-corrected chi connectivity index (χ3v) is 6.83. The van der Waals surface area contributed by atoms with Crippen molar-refractivity contribution in [2.24, 2.45) is 11.8 Å². The molecular weight excluding hydrogens is 390 g/mol. The highest BCUT2D eigenvalue weighted by molar-refractivity contribution is 5.59. The average Bonchev–Trinajstić information content (AvgIpc) is 3.45. The Balaban J connectivity index is 1.31. The van der Waals surface area contributed by atoms with E-state index in [1.54, 1.807) is 7.11 Å². The van der Waals surface area contributed by atoms with Crippen LogP contribution < -0.4 is 4.74 Å². The third-order valence-electron chi connectivity index (χ3n) is 6.83. The van der Waals surface area contributed by atoms with Gasteiger partial charge in [-0.3, -0.25) is 9.88 Å². The van der Waals surface area contributed by atoms with E-state index in [2.05, 4.69) is 38.5 Å². The molecule has 7 heteroatoms. The molecule has 2 aromatic heterocycles. The second-order valence-electron chi connectivity index (χ2n) is 8.70. The summed E-state index contributed by atoms with van der Waals surface area (Å²) in [6, 6.07) is 12.4. The van der Waals surface area contributed by atoms with Crippen LogP contribution in [0.3, 0.4) is 0 Å². The fourth-order valence-corrected chi connectivity index (χ4v) is 5.25. The van der Waals surface area contributed by atoms with Crippen LogP contribution in [-0.4, -0.2) is 58.3 Å². The van der Waals surface area contributed by atoms with Crippen molar-refractivity contribution in [2.45, 2.75) is 31.5 Å². The monoisotopic (exact) mass is 419 g/mol. The Hall–Kier alpha value is -2.77. The number of fused-ring (bicyclic) bond motifs is 1. The van der Waals surface area contributed by atoms with Gasteiger partial charge in [0.1, 0.15) is 11.4 Å². The molecule has 0 amide bonds. The van der Waals surface area contributed by atoms with Crippen molar-refractivity contribution in [3.63, 3.8) is 0 Å². The minimum Gasteiger partial charge on any atom is -0.497 e. The van der Waals surface area contributed by atoms with E-state index in [9.17, 15) is 0 Å². The number of methoxy groups -OCH3 is 2. The van der Waals surface area contributed by atoms with Crippen molar-refractivity contribution in [3.05, 3.63) is 60.6 Å². The van der Waals surface area contributed by atoms with Crippen molar-refractivity contribution in [2.75, 3.05) is 27.3 Å². The van der Waals surface area contributed by atoms with Crippen molar-refractivity contribution in [1.29, 1.82) is 0 Å². The molecular formula is C24H29N5O2. The maximum atomic E-state index is 5.94.